The predicted octanol–water partition coefficient (Wildman–Crippen LogP) is 6.18. The highest BCUT2D eigenvalue weighted by atomic mass is 19.4. The molecular formula is C29H26F6N4O. The number of benzene rings is 3. The van der Waals surface area contributed by atoms with E-state index in [1.165, 1.54) is 4.90 Å². The molecule has 1 aliphatic heterocycles. The van der Waals surface area contributed by atoms with Crippen molar-refractivity contribution in [1.82, 2.24) is 19.6 Å². The molecule has 4 aromatic rings. The highest BCUT2D eigenvalue weighted by Gasteiger charge is 2.39. The zero-order chi connectivity index (χ0) is 28.7. The normalized spacial score (nSPS) is 17.0. The van der Waals surface area contributed by atoms with E-state index in [2.05, 4.69) is 10.00 Å². The Kier molecular flexibility index (Phi) is 7.34. The Morgan fingerprint density at radius 3 is 2.17 bits per heavy atom. The highest BCUT2D eigenvalue weighted by Crippen LogP contribution is 2.37. The topological polar surface area (TPSA) is 41.4 Å². The van der Waals surface area contributed by atoms with E-state index in [-0.39, 0.29) is 12.6 Å². The molecule has 210 valence electrons. The van der Waals surface area contributed by atoms with Crippen molar-refractivity contribution in [3.05, 3.63) is 101 Å². The van der Waals surface area contributed by atoms with Crippen LogP contribution in [0.2, 0.25) is 0 Å². The van der Waals surface area contributed by atoms with Gasteiger partial charge in [-0.2, -0.15) is 31.4 Å². The summed E-state index contributed by atoms with van der Waals surface area (Å²) < 4.78 is 82.6. The third-order valence-corrected chi connectivity index (χ3v) is 7.11. The van der Waals surface area contributed by atoms with E-state index in [1.54, 1.807) is 17.9 Å². The van der Waals surface area contributed by atoms with Crippen LogP contribution in [0.3, 0.4) is 0 Å². The number of halogens is 6. The molecule has 0 aliphatic carbocycles. The van der Waals surface area contributed by atoms with Crippen molar-refractivity contribution >= 4 is 16.7 Å². The number of rotatable bonds is 5. The van der Waals surface area contributed by atoms with Gasteiger partial charge in [-0.3, -0.25) is 14.4 Å². The average Bonchev–Trinajstić information content (AvgIpc) is 3.31. The molecule has 0 radical (unpaired) electrons. The van der Waals surface area contributed by atoms with Gasteiger partial charge in [-0.25, -0.2) is 0 Å². The summed E-state index contributed by atoms with van der Waals surface area (Å²) in [7, 11) is 1.80. The summed E-state index contributed by atoms with van der Waals surface area (Å²) in [6.07, 6.45) is -6.09. The van der Waals surface area contributed by atoms with E-state index in [9.17, 15) is 31.1 Å². The second-order valence-electron chi connectivity index (χ2n) is 10.1. The van der Waals surface area contributed by atoms with Gasteiger partial charge in [0.25, 0.3) is 5.91 Å². The molecule has 11 heteroatoms. The number of alkyl halides is 6. The molecule has 1 fully saturated rings. The number of carbonyl (C=O) groups is 1. The minimum Gasteiger partial charge on any atom is -0.333 e. The number of aryl methyl sites for hydroxylation is 1. The van der Waals surface area contributed by atoms with Crippen LogP contribution >= 0.6 is 0 Å². The maximum Gasteiger partial charge on any atom is 0.416 e. The smallest absolute Gasteiger partial charge is 0.333 e. The molecular weight excluding hydrogens is 534 g/mol. The summed E-state index contributed by atoms with van der Waals surface area (Å²) in [6.45, 7) is 1.49. The average molecular weight is 561 g/mol. The zero-order valence-corrected chi connectivity index (χ0v) is 21.5. The molecule has 0 bridgehead atoms. The monoisotopic (exact) mass is 560 g/mol. The van der Waals surface area contributed by atoms with Crippen LogP contribution in [0.5, 0.6) is 0 Å². The number of piperazine rings is 1. The number of amides is 1. The minimum atomic E-state index is -5.04. The summed E-state index contributed by atoms with van der Waals surface area (Å²) >= 11 is 0. The predicted molar refractivity (Wildman–Crippen MR) is 137 cm³/mol. The fraction of sp³-hybridized carbons (Fsp3) is 0.310. The van der Waals surface area contributed by atoms with Crippen LogP contribution in [0, 0.1) is 0 Å². The first-order valence-corrected chi connectivity index (χ1v) is 12.6. The second kappa shape index (κ2) is 10.6. The first kappa shape index (κ1) is 27.7. The summed E-state index contributed by atoms with van der Waals surface area (Å²) in [6, 6.07) is 14.2. The van der Waals surface area contributed by atoms with Gasteiger partial charge in [-0.05, 0) is 41.0 Å². The van der Waals surface area contributed by atoms with Crippen molar-refractivity contribution in [1.29, 1.82) is 0 Å². The van der Waals surface area contributed by atoms with Gasteiger partial charge in [-0.1, -0.05) is 42.5 Å². The fourth-order valence-corrected chi connectivity index (χ4v) is 5.20. The number of hydrogen-bond donors (Lipinski definition) is 0. The van der Waals surface area contributed by atoms with Crippen LogP contribution in [0.4, 0.5) is 26.3 Å². The lowest BCUT2D eigenvalue weighted by Crippen LogP contribution is -2.55. The Hall–Kier alpha value is -3.86. The third-order valence-electron chi connectivity index (χ3n) is 7.11. The van der Waals surface area contributed by atoms with Gasteiger partial charge >= 0.3 is 12.4 Å². The largest absolute Gasteiger partial charge is 0.416 e. The minimum absolute atomic E-state index is 0.0369. The maximum absolute atomic E-state index is 13.6. The molecule has 0 N–H and O–H groups in total. The van der Waals surface area contributed by atoms with Gasteiger partial charge in [0.05, 0.1) is 17.3 Å². The summed E-state index contributed by atoms with van der Waals surface area (Å²) in [5, 5.41) is 6.20. The first-order valence-electron chi connectivity index (χ1n) is 12.6. The molecule has 1 saturated heterocycles. The molecule has 5 rings (SSSR count). The van der Waals surface area contributed by atoms with Crippen molar-refractivity contribution in [2.45, 2.75) is 31.4 Å². The van der Waals surface area contributed by atoms with E-state index in [0.717, 1.165) is 21.9 Å². The quantitative estimate of drug-likeness (QED) is 0.274. The maximum atomic E-state index is 13.6. The van der Waals surface area contributed by atoms with Crippen LogP contribution < -0.4 is 0 Å². The van der Waals surface area contributed by atoms with Gasteiger partial charge in [0.15, 0.2) is 0 Å². The molecule has 3 aromatic carbocycles. The molecule has 0 unspecified atom stereocenters. The van der Waals surface area contributed by atoms with Crippen molar-refractivity contribution < 1.29 is 31.1 Å². The van der Waals surface area contributed by atoms with Gasteiger partial charge < -0.3 is 4.90 Å². The first-order chi connectivity index (χ1) is 18.9. The Balaban J connectivity index is 1.47. The number of aromatic nitrogens is 2. The molecule has 40 heavy (non-hydrogen) atoms. The van der Waals surface area contributed by atoms with Crippen LogP contribution in [-0.2, 0) is 32.4 Å². The van der Waals surface area contributed by atoms with E-state index in [0.29, 0.717) is 38.2 Å². The van der Waals surface area contributed by atoms with Gasteiger partial charge in [0.1, 0.15) is 0 Å². The number of fused-ring (bicyclic) bond motifs is 1. The second-order valence-corrected chi connectivity index (χ2v) is 10.1. The fourth-order valence-electron chi connectivity index (χ4n) is 5.20. The lowest BCUT2D eigenvalue weighted by molar-refractivity contribution is -0.143. The molecule has 2 heterocycles. The van der Waals surface area contributed by atoms with Crippen molar-refractivity contribution in [2.24, 2.45) is 7.05 Å². The number of hydrogen-bond acceptors (Lipinski definition) is 3. The SMILES string of the molecule is Cn1cc(CN2CCN(C(=O)c3cc(C(F)(F)F)cc(C(F)(F)F)c3)[C@H](Cc3ccc4ccccc4c3)C2)cn1. The lowest BCUT2D eigenvalue weighted by Gasteiger charge is -2.41. The Morgan fingerprint density at radius 2 is 1.55 bits per heavy atom. The van der Waals surface area contributed by atoms with E-state index < -0.39 is 41.0 Å². The summed E-state index contributed by atoms with van der Waals surface area (Å²) in [4.78, 5) is 17.1. The van der Waals surface area contributed by atoms with Gasteiger partial charge in [0.2, 0.25) is 0 Å². The molecule has 0 spiro atoms. The Labute approximate surface area is 226 Å². The molecule has 0 saturated carbocycles. The third kappa shape index (κ3) is 6.14. The highest BCUT2D eigenvalue weighted by molar-refractivity contribution is 5.95. The van der Waals surface area contributed by atoms with Crippen molar-refractivity contribution in [2.75, 3.05) is 19.6 Å². The number of nitrogens with zero attached hydrogens (tertiary/aromatic N) is 4. The molecule has 5 nitrogen and oxygen atoms in total. The lowest BCUT2D eigenvalue weighted by atomic mass is 9.97. The van der Waals surface area contributed by atoms with Crippen molar-refractivity contribution in [3.63, 3.8) is 0 Å². The Morgan fingerprint density at radius 1 is 0.875 bits per heavy atom. The van der Waals surface area contributed by atoms with Crippen LogP contribution in [0.1, 0.15) is 32.6 Å². The van der Waals surface area contributed by atoms with Crippen LogP contribution in [0.25, 0.3) is 10.8 Å². The molecule has 1 aliphatic rings. The van der Waals surface area contributed by atoms with Gasteiger partial charge in [0, 0.05) is 56.6 Å². The van der Waals surface area contributed by atoms with E-state index >= 15 is 0 Å². The van der Waals surface area contributed by atoms with Crippen LogP contribution in [0.15, 0.2) is 73.1 Å². The zero-order valence-electron chi connectivity index (χ0n) is 21.5. The van der Waals surface area contributed by atoms with Crippen molar-refractivity contribution in [3.8, 4) is 0 Å². The standard InChI is InChI=1S/C29H26F6N4O/c1-37-16-20(15-36-37)17-38-8-9-39(26(18-38)11-19-6-7-21-4-2-3-5-22(21)10-19)27(40)23-12-24(28(30,31)32)14-25(13-23)29(33,34)35/h2-7,10,12-16,26H,8-9,11,17-18H2,1H3/t26-/m1/s1. The molecule has 1 atom stereocenters. The van der Waals surface area contributed by atoms with Gasteiger partial charge in [-0.15, -0.1) is 0 Å². The molecule has 1 amide bonds. The summed E-state index contributed by atoms with van der Waals surface area (Å²) in [5.74, 6) is -0.858. The summed E-state index contributed by atoms with van der Waals surface area (Å²) in [5.41, 5.74) is -1.78. The van der Waals surface area contributed by atoms with E-state index in [1.807, 2.05) is 48.7 Å². The van der Waals surface area contributed by atoms with Crippen LogP contribution in [-0.4, -0.2) is 51.2 Å². The number of carbonyl (C=O) groups excluding carboxylic acids is 1. The van der Waals surface area contributed by atoms with E-state index in [4.69, 9.17) is 0 Å². The Bertz CT molecular complexity index is 1490. The molecule has 1 aromatic heterocycles.